The van der Waals surface area contributed by atoms with Gasteiger partial charge in [0.15, 0.2) is 5.09 Å². The molecule has 1 N–H and O–H groups in total. The smallest absolute Gasteiger partial charge is 0.158 e. The first-order chi connectivity index (χ1) is 5.25. The number of hydrogen-bond acceptors (Lipinski definition) is 3. The lowest BCUT2D eigenvalue weighted by molar-refractivity contribution is 0.448. The van der Waals surface area contributed by atoms with Crippen LogP contribution in [0, 0.1) is 0 Å². The highest BCUT2D eigenvalue weighted by Crippen LogP contribution is 2.43. The van der Waals surface area contributed by atoms with Crippen molar-refractivity contribution in [3.05, 3.63) is 29.9 Å². The lowest BCUT2D eigenvalue weighted by Crippen LogP contribution is -1.78. The van der Waals surface area contributed by atoms with Gasteiger partial charge in [0.2, 0.25) is 0 Å². The molecule has 11 heavy (non-hydrogen) atoms. The first-order valence-electron chi connectivity index (χ1n) is 3.13. The summed E-state index contributed by atoms with van der Waals surface area (Å²) in [6, 6.07) is 5.03. The van der Waals surface area contributed by atoms with Crippen molar-refractivity contribution in [2.75, 3.05) is 0 Å². The van der Waals surface area contributed by atoms with Gasteiger partial charge in [0.25, 0.3) is 0 Å². The van der Waals surface area contributed by atoms with Crippen LogP contribution in [0.3, 0.4) is 0 Å². The largest absolute Gasteiger partial charge is 0.508 e. The zero-order valence-corrected chi connectivity index (χ0v) is 6.52. The molecule has 0 unspecified atom stereocenters. The first kappa shape index (κ1) is 6.61. The molecule has 0 aliphatic carbocycles. The van der Waals surface area contributed by atoms with Crippen molar-refractivity contribution in [3.63, 3.8) is 0 Å². The number of thioether (sulfide) groups is 1. The molecule has 2 rings (SSSR count). The minimum Gasteiger partial charge on any atom is -0.508 e. The fourth-order valence-corrected chi connectivity index (χ4v) is 1.64. The van der Waals surface area contributed by atoms with Crippen LogP contribution in [0.15, 0.2) is 34.8 Å². The lowest BCUT2D eigenvalue weighted by Gasteiger charge is -1.95. The van der Waals surface area contributed by atoms with Gasteiger partial charge in [-0.05, 0) is 30.5 Å². The Morgan fingerprint density at radius 3 is 3.09 bits per heavy atom. The molecule has 1 aromatic rings. The van der Waals surface area contributed by atoms with Gasteiger partial charge in [0.1, 0.15) is 11.5 Å². The van der Waals surface area contributed by atoms with Crippen molar-refractivity contribution in [1.82, 2.24) is 0 Å². The maximum absolute atomic E-state index is 9.06. The van der Waals surface area contributed by atoms with E-state index in [1.807, 2.05) is 6.07 Å². The Morgan fingerprint density at radius 2 is 2.27 bits per heavy atom. The summed E-state index contributed by atoms with van der Waals surface area (Å²) in [7, 11) is 0. The van der Waals surface area contributed by atoms with Crippen molar-refractivity contribution in [3.8, 4) is 11.5 Å². The minimum absolute atomic E-state index is 0.221. The molecular weight excluding hydrogens is 160 g/mol. The Labute approximate surface area is 68.5 Å². The van der Waals surface area contributed by atoms with Gasteiger partial charge >= 0.3 is 0 Å². The molecule has 56 valence electrons. The topological polar surface area (TPSA) is 29.5 Å². The van der Waals surface area contributed by atoms with E-state index in [1.54, 1.807) is 12.1 Å². The molecule has 1 heterocycles. The molecule has 3 heteroatoms. The van der Waals surface area contributed by atoms with Crippen molar-refractivity contribution in [1.29, 1.82) is 0 Å². The molecule has 0 atom stereocenters. The number of aromatic hydroxyl groups is 1. The maximum atomic E-state index is 9.06. The second kappa shape index (κ2) is 2.20. The van der Waals surface area contributed by atoms with Crippen molar-refractivity contribution >= 4 is 11.8 Å². The third kappa shape index (κ3) is 1.07. The molecule has 0 aromatic heterocycles. The summed E-state index contributed by atoms with van der Waals surface area (Å²) < 4.78 is 5.20. The van der Waals surface area contributed by atoms with E-state index in [-0.39, 0.29) is 5.75 Å². The number of fused-ring (bicyclic) bond motifs is 1. The van der Waals surface area contributed by atoms with Crippen LogP contribution in [0.4, 0.5) is 0 Å². The second-order valence-corrected chi connectivity index (χ2v) is 3.31. The predicted octanol–water partition coefficient (Wildman–Crippen LogP) is 2.35. The highest BCUT2D eigenvalue weighted by Gasteiger charge is 2.16. The van der Waals surface area contributed by atoms with Crippen molar-refractivity contribution < 1.29 is 9.84 Å². The summed E-state index contributed by atoms with van der Waals surface area (Å²) in [4.78, 5) is 1.01. The fraction of sp³-hybridized carbons (Fsp3) is 0. The summed E-state index contributed by atoms with van der Waals surface area (Å²) in [5.74, 6) is 0.916. The molecule has 0 saturated carbocycles. The first-order valence-corrected chi connectivity index (χ1v) is 3.95. The monoisotopic (exact) mass is 166 g/mol. The molecule has 0 fully saturated rings. The number of phenols is 1. The van der Waals surface area contributed by atoms with Crippen molar-refractivity contribution in [2.24, 2.45) is 0 Å². The molecule has 0 spiro atoms. The molecular formula is C8H6O2S. The predicted molar refractivity (Wildman–Crippen MR) is 43.7 cm³/mol. The van der Waals surface area contributed by atoms with E-state index in [2.05, 4.69) is 6.58 Å². The van der Waals surface area contributed by atoms with Crippen LogP contribution in [-0.4, -0.2) is 5.11 Å². The summed E-state index contributed by atoms with van der Waals surface area (Å²) in [5, 5.41) is 9.72. The van der Waals surface area contributed by atoms with E-state index < -0.39 is 0 Å². The molecule has 1 aliphatic rings. The van der Waals surface area contributed by atoms with E-state index >= 15 is 0 Å². The lowest BCUT2D eigenvalue weighted by atomic mass is 10.3. The summed E-state index contributed by atoms with van der Waals surface area (Å²) in [5.41, 5.74) is 0. The average Bonchev–Trinajstić information content (AvgIpc) is 2.27. The van der Waals surface area contributed by atoms with Crippen molar-refractivity contribution in [2.45, 2.75) is 4.90 Å². The van der Waals surface area contributed by atoms with Crippen LogP contribution in [0.25, 0.3) is 0 Å². The number of benzene rings is 1. The normalized spacial score (nSPS) is 14.4. The van der Waals surface area contributed by atoms with Gasteiger partial charge in [0, 0.05) is 6.07 Å². The molecule has 0 radical (unpaired) electrons. The van der Waals surface area contributed by atoms with E-state index in [0.717, 1.165) is 4.90 Å². The number of phenolic OH excluding ortho intramolecular Hbond substituents is 1. The highest BCUT2D eigenvalue weighted by molar-refractivity contribution is 8.03. The zero-order chi connectivity index (χ0) is 7.84. The van der Waals surface area contributed by atoms with Crippen LogP contribution in [0.2, 0.25) is 0 Å². The SMILES string of the molecule is C=C1Oc2cc(O)ccc2S1. The zero-order valence-electron chi connectivity index (χ0n) is 5.70. The van der Waals surface area contributed by atoms with Crippen LogP contribution >= 0.6 is 11.8 Å². The Bertz CT molecular complexity index is 320. The third-order valence-electron chi connectivity index (χ3n) is 1.37. The van der Waals surface area contributed by atoms with Gasteiger partial charge in [-0.1, -0.05) is 0 Å². The Hall–Kier alpha value is -1.09. The number of rotatable bonds is 0. The molecule has 0 amide bonds. The van der Waals surface area contributed by atoms with Gasteiger partial charge < -0.3 is 9.84 Å². The number of ether oxygens (including phenoxy) is 1. The fourth-order valence-electron chi connectivity index (χ4n) is 0.927. The minimum atomic E-state index is 0.221. The number of hydrogen-bond donors (Lipinski definition) is 1. The molecule has 1 aromatic carbocycles. The van der Waals surface area contributed by atoms with Gasteiger partial charge in [-0.3, -0.25) is 0 Å². The Balaban J connectivity index is 2.51. The van der Waals surface area contributed by atoms with Crippen LogP contribution in [0.1, 0.15) is 0 Å². The molecule has 2 nitrogen and oxygen atoms in total. The van der Waals surface area contributed by atoms with Crippen LogP contribution in [-0.2, 0) is 0 Å². The molecule has 0 saturated heterocycles. The van der Waals surface area contributed by atoms with E-state index in [4.69, 9.17) is 9.84 Å². The summed E-state index contributed by atoms with van der Waals surface area (Å²) in [6.45, 7) is 3.66. The van der Waals surface area contributed by atoms with E-state index in [0.29, 0.717) is 10.8 Å². The van der Waals surface area contributed by atoms with Gasteiger partial charge in [-0.25, -0.2) is 0 Å². The standard InChI is InChI=1S/C8H6O2S/c1-5-10-7-4-6(9)2-3-8(7)11-5/h2-4,9H,1H2. The third-order valence-corrected chi connectivity index (χ3v) is 2.24. The van der Waals surface area contributed by atoms with Gasteiger partial charge in [-0.2, -0.15) is 0 Å². The molecule has 1 aliphatic heterocycles. The Morgan fingerprint density at radius 1 is 1.45 bits per heavy atom. The quantitative estimate of drug-likeness (QED) is 0.641. The Kier molecular flexibility index (Phi) is 1.32. The van der Waals surface area contributed by atoms with Crippen LogP contribution in [0.5, 0.6) is 11.5 Å². The van der Waals surface area contributed by atoms with Gasteiger partial charge in [0.05, 0.1) is 4.90 Å². The average molecular weight is 166 g/mol. The van der Waals surface area contributed by atoms with Crippen LogP contribution < -0.4 is 4.74 Å². The molecule has 0 bridgehead atoms. The van der Waals surface area contributed by atoms with E-state index in [9.17, 15) is 0 Å². The summed E-state index contributed by atoms with van der Waals surface area (Å²) >= 11 is 1.47. The summed E-state index contributed by atoms with van der Waals surface area (Å²) in [6.07, 6.45) is 0. The maximum Gasteiger partial charge on any atom is 0.158 e. The van der Waals surface area contributed by atoms with Gasteiger partial charge in [-0.15, -0.1) is 0 Å². The highest BCUT2D eigenvalue weighted by atomic mass is 32.2. The van der Waals surface area contributed by atoms with E-state index in [1.165, 1.54) is 11.8 Å². The second-order valence-electron chi connectivity index (χ2n) is 2.21.